The fourth-order valence-electron chi connectivity index (χ4n) is 2.94. The van der Waals surface area contributed by atoms with E-state index in [0.29, 0.717) is 22.2 Å². The number of rotatable bonds is 5. The van der Waals surface area contributed by atoms with Gasteiger partial charge in [0.05, 0.1) is 12.8 Å². The Morgan fingerprint density at radius 1 is 1.32 bits per heavy atom. The molecule has 0 saturated carbocycles. The van der Waals surface area contributed by atoms with Crippen LogP contribution < -0.4 is 10.1 Å². The number of hydrogen-bond acceptors (Lipinski definition) is 5. The summed E-state index contributed by atoms with van der Waals surface area (Å²) in [6.45, 7) is 1.90. The van der Waals surface area contributed by atoms with Crippen LogP contribution in [0, 0.1) is 5.92 Å². The van der Waals surface area contributed by atoms with Crippen LogP contribution in [0.3, 0.4) is 0 Å². The number of thiophene rings is 1. The molecule has 3 rings (SSSR count). The highest BCUT2D eigenvalue weighted by atomic mass is 32.1. The topological polar surface area (TPSA) is 64.6 Å². The monoisotopic (exact) mass is 359 g/mol. The third kappa shape index (κ3) is 4.20. The first-order valence-electron chi connectivity index (χ1n) is 8.28. The summed E-state index contributed by atoms with van der Waals surface area (Å²) in [5.74, 6) is 0.370. The Balaban J connectivity index is 1.56. The predicted octanol–water partition coefficient (Wildman–Crippen LogP) is 3.68. The van der Waals surface area contributed by atoms with Gasteiger partial charge in [0.15, 0.2) is 6.61 Å². The molecule has 0 aliphatic heterocycles. The van der Waals surface area contributed by atoms with Gasteiger partial charge in [0.1, 0.15) is 10.6 Å². The Morgan fingerprint density at radius 2 is 2.12 bits per heavy atom. The number of carbonyl (C=O) groups excluding carboxylic acids is 2. The van der Waals surface area contributed by atoms with Crippen LogP contribution in [0.1, 0.15) is 33.5 Å². The van der Waals surface area contributed by atoms with E-state index in [0.717, 1.165) is 19.3 Å². The van der Waals surface area contributed by atoms with Crippen molar-refractivity contribution in [2.75, 3.05) is 19.0 Å². The summed E-state index contributed by atoms with van der Waals surface area (Å²) >= 11 is 1.48. The second-order valence-corrected chi connectivity index (χ2v) is 7.37. The SMILES string of the molecule is COc1ccccc1NC(=O)COC(=O)c1cc2c(s1)CC[C@@H](C)C2. The van der Waals surface area contributed by atoms with Crippen LogP contribution in [0.5, 0.6) is 5.75 Å². The minimum Gasteiger partial charge on any atom is -0.495 e. The first-order valence-corrected chi connectivity index (χ1v) is 9.10. The number of benzene rings is 1. The standard InChI is InChI=1S/C19H21NO4S/c1-12-7-8-16-13(9-12)10-17(25-16)19(22)24-11-18(21)20-14-5-3-4-6-15(14)23-2/h3-6,10,12H,7-9,11H2,1-2H3,(H,20,21)/t12-/m1/s1. The van der Waals surface area contributed by atoms with E-state index in [4.69, 9.17) is 9.47 Å². The van der Waals surface area contributed by atoms with Crippen molar-refractivity contribution < 1.29 is 19.1 Å². The molecular formula is C19H21NO4S. The number of anilines is 1. The Bertz CT molecular complexity index is 783. The molecule has 0 unspecified atom stereocenters. The molecule has 1 amide bonds. The van der Waals surface area contributed by atoms with Crippen molar-refractivity contribution in [1.29, 1.82) is 0 Å². The molecule has 1 aromatic heterocycles. The molecule has 1 aliphatic carbocycles. The van der Waals surface area contributed by atoms with Crippen LogP contribution in [0.25, 0.3) is 0 Å². The van der Waals surface area contributed by atoms with E-state index in [2.05, 4.69) is 12.2 Å². The number of amides is 1. The lowest BCUT2D eigenvalue weighted by Crippen LogP contribution is -2.20. The van der Waals surface area contributed by atoms with E-state index >= 15 is 0 Å². The lowest BCUT2D eigenvalue weighted by Gasteiger charge is -2.16. The largest absolute Gasteiger partial charge is 0.495 e. The number of ether oxygens (including phenoxy) is 2. The zero-order valence-corrected chi connectivity index (χ0v) is 15.2. The normalized spacial score (nSPS) is 16.0. The van der Waals surface area contributed by atoms with Gasteiger partial charge in [0.25, 0.3) is 5.91 Å². The maximum absolute atomic E-state index is 12.2. The quantitative estimate of drug-likeness (QED) is 0.827. The average molecular weight is 359 g/mol. The van der Waals surface area contributed by atoms with Crippen molar-refractivity contribution in [2.24, 2.45) is 5.92 Å². The van der Waals surface area contributed by atoms with Crippen molar-refractivity contribution in [3.8, 4) is 5.75 Å². The Morgan fingerprint density at radius 3 is 2.92 bits per heavy atom. The lowest BCUT2D eigenvalue weighted by molar-refractivity contribution is -0.119. The first kappa shape index (κ1) is 17.5. The van der Waals surface area contributed by atoms with E-state index in [1.165, 1.54) is 28.9 Å². The molecule has 1 atom stereocenters. The van der Waals surface area contributed by atoms with Crippen molar-refractivity contribution >= 4 is 28.9 Å². The van der Waals surface area contributed by atoms with Crippen LogP contribution in [-0.2, 0) is 22.4 Å². The van der Waals surface area contributed by atoms with E-state index < -0.39 is 11.9 Å². The zero-order valence-electron chi connectivity index (χ0n) is 14.3. The molecule has 0 fully saturated rings. The van der Waals surface area contributed by atoms with Gasteiger partial charge in [0.2, 0.25) is 0 Å². The Kier molecular flexibility index (Phi) is 5.38. The number of carbonyl (C=O) groups is 2. The van der Waals surface area contributed by atoms with Crippen molar-refractivity contribution in [1.82, 2.24) is 0 Å². The highest BCUT2D eigenvalue weighted by molar-refractivity contribution is 7.14. The molecule has 2 aromatic rings. The molecule has 5 nitrogen and oxygen atoms in total. The summed E-state index contributed by atoms with van der Waals surface area (Å²) in [5, 5.41) is 2.69. The first-order chi connectivity index (χ1) is 12.1. The maximum atomic E-state index is 12.2. The number of aryl methyl sites for hydroxylation is 1. The van der Waals surface area contributed by atoms with Crippen LogP contribution >= 0.6 is 11.3 Å². The van der Waals surface area contributed by atoms with Gasteiger partial charge >= 0.3 is 5.97 Å². The van der Waals surface area contributed by atoms with Gasteiger partial charge in [-0.15, -0.1) is 11.3 Å². The minimum atomic E-state index is -0.442. The van der Waals surface area contributed by atoms with Crippen LogP contribution in [0.4, 0.5) is 5.69 Å². The fraction of sp³-hybridized carbons (Fsp3) is 0.368. The second-order valence-electron chi connectivity index (χ2n) is 6.23. The summed E-state index contributed by atoms with van der Waals surface area (Å²) in [6, 6.07) is 9.00. The van der Waals surface area contributed by atoms with Crippen LogP contribution in [0.15, 0.2) is 30.3 Å². The predicted molar refractivity (Wildman–Crippen MR) is 97.4 cm³/mol. The molecule has 0 saturated heterocycles. The molecule has 1 N–H and O–H groups in total. The summed E-state index contributed by atoms with van der Waals surface area (Å²) in [6.07, 6.45) is 3.18. The van der Waals surface area contributed by atoms with E-state index in [9.17, 15) is 9.59 Å². The summed E-state index contributed by atoms with van der Waals surface area (Å²) in [5.41, 5.74) is 1.79. The molecular weight excluding hydrogens is 338 g/mol. The number of fused-ring (bicyclic) bond motifs is 1. The van der Waals surface area contributed by atoms with Crippen molar-refractivity contribution in [2.45, 2.75) is 26.2 Å². The van der Waals surface area contributed by atoms with E-state index in [1.807, 2.05) is 12.1 Å². The van der Waals surface area contributed by atoms with Gasteiger partial charge < -0.3 is 14.8 Å². The summed E-state index contributed by atoms with van der Waals surface area (Å²) in [7, 11) is 1.53. The minimum absolute atomic E-state index is 0.324. The van der Waals surface area contributed by atoms with Gasteiger partial charge in [-0.1, -0.05) is 19.1 Å². The van der Waals surface area contributed by atoms with Gasteiger partial charge in [-0.05, 0) is 48.9 Å². The number of esters is 1. The van der Waals surface area contributed by atoms with Gasteiger partial charge in [-0.25, -0.2) is 4.79 Å². The third-order valence-electron chi connectivity index (χ3n) is 4.25. The lowest BCUT2D eigenvalue weighted by atomic mass is 9.90. The summed E-state index contributed by atoms with van der Waals surface area (Å²) in [4.78, 5) is 26.1. The molecule has 132 valence electrons. The van der Waals surface area contributed by atoms with Crippen LogP contribution in [-0.4, -0.2) is 25.6 Å². The molecule has 6 heteroatoms. The highest BCUT2D eigenvalue weighted by Gasteiger charge is 2.21. The Labute approximate surface area is 151 Å². The number of methoxy groups -OCH3 is 1. The number of para-hydroxylation sites is 2. The average Bonchev–Trinajstić information content (AvgIpc) is 3.03. The third-order valence-corrected chi connectivity index (χ3v) is 5.46. The molecule has 0 bridgehead atoms. The van der Waals surface area contributed by atoms with Gasteiger partial charge in [-0.3, -0.25) is 4.79 Å². The molecule has 1 aromatic carbocycles. The molecule has 25 heavy (non-hydrogen) atoms. The Hall–Kier alpha value is -2.34. The zero-order chi connectivity index (χ0) is 17.8. The van der Waals surface area contributed by atoms with Crippen molar-refractivity contribution in [3.63, 3.8) is 0 Å². The second kappa shape index (κ2) is 7.70. The van der Waals surface area contributed by atoms with E-state index in [1.54, 1.807) is 18.2 Å². The van der Waals surface area contributed by atoms with Gasteiger partial charge in [-0.2, -0.15) is 0 Å². The van der Waals surface area contributed by atoms with Crippen LogP contribution in [0.2, 0.25) is 0 Å². The maximum Gasteiger partial charge on any atom is 0.348 e. The molecule has 1 heterocycles. The fourth-order valence-corrected chi connectivity index (χ4v) is 4.04. The van der Waals surface area contributed by atoms with Gasteiger partial charge in [0, 0.05) is 4.88 Å². The smallest absolute Gasteiger partial charge is 0.348 e. The van der Waals surface area contributed by atoms with Crippen molar-refractivity contribution in [3.05, 3.63) is 45.6 Å². The highest BCUT2D eigenvalue weighted by Crippen LogP contribution is 2.32. The molecule has 0 spiro atoms. The molecule has 1 aliphatic rings. The molecule has 0 radical (unpaired) electrons. The number of nitrogens with one attached hydrogen (secondary N) is 1. The number of hydrogen-bond donors (Lipinski definition) is 1. The van der Waals surface area contributed by atoms with E-state index in [-0.39, 0.29) is 6.61 Å². The summed E-state index contributed by atoms with van der Waals surface area (Å²) < 4.78 is 10.3.